The standard InChI is InChI=1S/C13H16F4N2/c14-12(15)13(16,17)8-18-7-9-3-4-11-10(6-9)2-1-5-19-11/h3-4,6,12,18-19H,1-2,5,7-8H2. The molecule has 2 rings (SSSR count). The quantitative estimate of drug-likeness (QED) is 0.808. The summed E-state index contributed by atoms with van der Waals surface area (Å²) >= 11 is 0. The summed E-state index contributed by atoms with van der Waals surface area (Å²) < 4.78 is 49.3. The van der Waals surface area contributed by atoms with Crippen molar-refractivity contribution in [2.24, 2.45) is 0 Å². The van der Waals surface area contributed by atoms with Crippen molar-refractivity contribution in [3.05, 3.63) is 29.3 Å². The molecule has 0 atom stereocenters. The second-order valence-electron chi connectivity index (χ2n) is 4.69. The molecule has 0 aliphatic carbocycles. The molecule has 19 heavy (non-hydrogen) atoms. The fraction of sp³-hybridized carbons (Fsp3) is 0.538. The van der Waals surface area contributed by atoms with Crippen molar-refractivity contribution < 1.29 is 17.6 Å². The molecule has 0 spiro atoms. The third-order valence-corrected chi connectivity index (χ3v) is 3.12. The van der Waals surface area contributed by atoms with E-state index in [-0.39, 0.29) is 6.54 Å². The van der Waals surface area contributed by atoms with E-state index in [1.807, 2.05) is 18.2 Å². The van der Waals surface area contributed by atoms with Gasteiger partial charge in [-0.3, -0.25) is 0 Å². The van der Waals surface area contributed by atoms with Crippen LogP contribution in [0.15, 0.2) is 18.2 Å². The third-order valence-electron chi connectivity index (χ3n) is 3.12. The molecule has 1 aromatic rings. The summed E-state index contributed by atoms with van der Waals surface area (Å²) in [4.78, 5) is 0. The minimum absolute atomic E-state index is 0.162. The highest BCUT2D eigenvalue weighted by atomic mass is 19.3. The smallest absolute Gasteiger partial charge is 0.319 e. The minimum atomic E-state index is -3.98. The van der Waals surface area contributed by atoms with Gasteiger partial charge in [-0.05, 0) is 30.0 Å². The van der Waals surface area contributed by atoms with Gasteiger partial charge < -0.3 is 10.6 Å². The van der Waals surface area contributed by atoms with Gasteiger partial charge in [0.1, 0.15) is 0 Å². The summed E-state index contributed by atoms with van der Waals surface area (Å²) in [6, 6.07) is 5.64. The number of aryl methyl sites for hydroxylation is 1. The monoisotopic (exact) mass is 276 g/mol. The lowest BCUT2D eigenvalue weighted by Crippen LogP contribution is -2.38. The van der Waals surface area contributed by atoms with Crippen molar-refractivity contribution in [2.45, 2.75) is 31.7 Å². The Morgan fingerprint density at radius 2 is 2.11 bits per heavy atom. The summed E-state index contributed by atoms with van der Waals surface area (Å²) in [5.74, 6) is -3.98. The van der Waals surface area contributed by atoms with Gasteiger partial charge in [0.15, 0.2) is 0 Å². The van der Waals surface area contributed by atoms with Crippen molar-refractivity contribution in [1.82, 2.24) is 5.32 Å². The van der Waals surface area contributed by atoms with Crippen LogP contribution in [0, 0.1) is 0 Å². The Hall–Kier alpha value is -1.30. The highest BCUT2D eigenvalue weighted by molar-refractivity contribution is 5.54. The predicted octanol–water partition coefficient (Wildman–Crippen LogP) is 3.03. The Labute approximate surface area is 109 Å². The number of rotatable bonds is 5. The molecule has 1 heterocycles. The van der Waals surface area contributed by atoms with Gasteiger partial charge >= 0.3 is 12.3 Å². The first-order chi connectivity index (χ1) is 8.99. The number of halogens is 4. The Morgan fingerprint density at radius 1 is 1.32 bits per heavy atom. The Bertz CT molecular complexity index is 435. The van der Waals surface area contributed by atoms with Gasteiger partial charge in [-0.2, -0.15) is 8.78 Å². The molecule has 0 unspecified atom stereocenters. The second kappa shape index (κ2) is 5.77. The number of benzene rings is 1. The van der Waals surface area contributed by atoms with Crippen LogP contribution in [0.1, 0.15) is 17.5 Å². The van der Waals surface area contributed by atoms with E-state index in [2.05, 4.69) is 10.6 Å². The molecule has 106 valence electrons. The first-order valence-electron chi connectivity index (χ1n) is 6.21. The number of nitrogens with one attached hydrogen (secondary N) is 2. The van der Waals surface area contributed by atoms with Crippen molar-refractivity contribution in [3.8, 4) is 0 Å². The van der Waals surface area contributed by atoms with Crippen LogP contribution in [0.25, 0.3) is 0 Å². The summed E-state index contributed by atoms with van der Waals surface area (Å²) in [7, 11) is 0. The second-order valence-corrected chi connectivity index (χ2v) is 4.69. The zero-order valence-corrected chi connectivity index (χ0v) is 10.4. The largest absolute Gasteiger partial charge is 0.385 e. The number of hydrogen-bond acceptors (Lipinski definition) is 2. The van der Waals surface area contributed by atoms with Gasteiger partial charge in [0, 0.05) is 18.8 Å². The molecule has 0 fully saturated rings. The first-order valence-corrected chi connectivity index (χ1v) is 6.21. The zero-order valence-electron chi connectivity index (χ0n) is 10.4. The minimum Gasteiger partial charge on any atom is -0.385 e. The fourth-order valence-corrected chi connectivity index (χ4v) is 2.09. The molecule has 0 amide bonds. The van der Waals surface area contributed by atoms with E-state index in [1.54, 1.807) is 0 Å². The molecule has 2 N–H and O–H groups in total. The normalized spacial score (nSPS) is 15.2. The van der Waals surface area contributed by atoms with Crippen LogP contribution in [-0.2, 0) is 13.0 Å². The highest BCUT2D eigenvalue weighted by Crippen LogP contribution is 2.24. The topological polar surface area (TPSA) is 24.1 Å². The number of alkyl halides is 4. The van der Waals surface area contributed by atoms with Crippen LogP contribution in [0.3, 0.4) is 0 Å². The molecule has 0 aromatic heterocycles. The molecule has 2 nitrogen and oxygen atoms in total. The van der Waals surface area contributed by atoms with Crippen LogP contribution >= 0.6 is 0 Å². The summed E-state index contributed by atoms with van der Waals surface area (Å²) in [6.07, 6.45) is -1.65. The van der Waals surface area contributed by atoms with Crippen LogP contribution in [0.2, 0.25) is 0 Å². The van der Waals surface area contributed by atoms with Gasteiger partial charge in [-0.15, -0.1) is 0 Å². The van der Waals surface area contributed by atoms with Crippen molar-refractivity contribution in [3.63, 3.8) is 0 Å². The lowest BCUT2D eigenvalue weighted by Gasteiger charge is -2.19. The van der Waals surface area contributed by atoms with Crippen LogP contribution < -0.4 is 10.6 Å². The summed E-state index contributed by atoms with van der Waals surface area (Å²) in [5, 5.41) is 5.63. The molecular formula is C13H16F4N2. The number of fused-ring (bicyclic) bond motifs is 1. The Morgan fingerprint density at radius 3 is 2.84 bits per heavy atom. The van der Waals surface area contributed by atoms with Gasteiger partial charge in [0.2, 0.25) is 0 Å². The van der Waals surface area contributed by atoms with Crippen molar-refractivity contribution >= 4 is 5.69 Å². The van der Waals surface area contributed by atoms with E-state index in [4.69, 9.17) is 0 Å². The molecule has 0 saturated heterocycles. The fourth-order valence-electron chi connectivity index (χ4n) is 2.09. The number of anilines is 1. The van der Waals surface area contributed by atoms with Crippen molar-refractivity contribution in [2.75, 3.05) is 18.4 Å². The third kappa shape index (κ3) is 3.59. The summed E-state index contributed by atoms with van der Waals surface area (Å²) in [5.41, 5.74) is 3.03. The summed E-state index contributed by atoms with van der Waals surface area (Å²) in [6.45, 7) is 0.0841. The molecule has 6 heteroatoms. The lowest BCUT2D eigenvalue weighted by molar-refractivity contribution is -0.125. The molecule has 1 aliphatic rings. The van der Waals surface area contributed by atoms with E-state index in [0.29, 0.717) is 0 Å². The molecule has 0 radical (unpaired) electrons. The van der Waals surface area contributed by atoms with Crippen LogP contribution in [0.4, 0.5) is 23.2 Å². The molecular weight excluding hydrogens is 260 g/mol. The van der Waals surface area contributed by atoms with E-state index in [1.165, 1.54) is 0 Å². The zero-order chi connectivity index (χ0) is 13.9. The first kappa shape index (κ1) is 14.1. The van der Waals surface area contributed by atoms with Gasteiger partial charge in [0.25, 0.3) is 0 Å². The Balaban J connectivity index is 1.90. The van der Waals surface area contributed by atoms with Gasteiger partial charge in [-0.25, -0.2) is 8.78 Å². The van der Waals surface area contributed by atoms with Crippen molar-refractivity contribution in [1.29, 1.82) is 0 Å². The average molecular weight is 276 g/mol. The molecule has 1 aromatic carbocycles. The maximum atomic E-state index is 12.7. The maximum Gasteiger partial charge on any atom is 0.319 e. The Kier molecular flexibility index (Phi) is 4.29. The molecule has 0 bridgehead atoms. The van der Waals surface area contributed by atoms with Crippen LogP contribution in [-0.4, -0.2) is 25.4 Å². The maximum absolute atomic E-state index is 12.7. The van der Waals surface area contributed by atoms with E-state index in [9.17, 15) is 17.6 Å². The highest BCUT2D eigenvalue weighted by Gasteiger charge is 2.39. The van der Waals surface area contributed by atoms with Gasteiger partial charge in [-0.1, -0.05) is 12.1 Å². The van der Waals surface area contributed by atoms with Gasteiger partial charge in [0.05, 0.1) is 6.54 Å². The van der Waals surface area contributed by atoms with E-state index < -0.39 is 18.9 Å². The lowest BCUT2D eigenvalue weighted by atomic mass is 10.0. The number of hydrogen-bond donors (Lipinski definition) is 2. The average Bonchev–Trinajstić information content (AvgIpc) is 2.38. The van der Waals surface area contributed by atoms with E-state index in [0.717, 1.165) is 36.2 Å². The predicted molar refractivity (Wildman–Crippen MR) is 65.9 cm³/mol. The molecule has 1 aliphatic heterocycles. The van der Waals surface area contributed by atoms with E-state index >= 15 is 0 Å². The van der Waals surface area contributed by atoms with Crippen LogP contribution in [0.5, 0.6) is 0 Å². The molecule has 0 saturated carbocycles. The SMILES string of the molecule is FC(F)C(F)(F)CNCc1ccc2c(c1)CCCN2.